The number of nitrogens with two attached hydrogens (primary N) is 1. The van der Waals surface area contributed by atoms with Gasteiger partial charge in [-0.2, -0.15) is 0 Å². The molecule has 1 unspecified atom stereocenters. The first-order valence-corrected chi connectivity index (χ1v) is 8.28. The van der Waals surface area contributed by atoms with E-state index in [9.17, 15) is 13.9 Å². The lowest BCUT2D eigenvalue weighted by molar-refractivity contribution is 0.156. The molecule has 1 aliphatic carbocycles. The smallest absolute Gasteiger partial charge is 0.255 e. The van der Waals surface area contributed by atoms with Crippen LogP contribution < -0.4 is 10.6 Å². The summed E-state index contributed by atoms with van der Waals surface area (Å²) < 4.78 is 25.7. The van der Waals surface area contributed by atoms with Crippen LogP contribution in [0.4, 0.5) is 20.4 Å². The number of allylic oxidation sites excluding steroid dienone is 3. The molecule has 0 spiro atoms. The van der Waals surface area contributed by atoms with Gasteiger partial charge in [0, 0.05) is 18.4 Å². The minimum atomic E-state index is -2.49. The van der Waals surface area contributed by atoms with Crippen molar-refractivity contribution in [3.05, 3.63) is 41.6 Å². The van der Waals surface area contributed by atoms with Crippen molar-refractivity contribution < 1.29 is 13.9 Å². The Morgan fingerprint density at radius 2 is 2.08 bits per heavy atom. The fourth-order valence-electron chi connectivity index (χ4n) is 3.30. The van der Waals surface area contributed by atoms with Crippen LogP contribution in [-0.4, -0.2) is 40.1 Å². The third-order valence-electron chi connectivity index (χ3n) is 4.72. The number of pyridine rings is 1. The summed E-state index contributed by atoms with van der Waals surface area (Å²) in [6, 6.07) is 1.62. The molecule has 0 amide bonds. The Bertz CT molecular complexity index is 897. The largest absolute Gasteiger partial charge is 0.508 e. The van der Waals surface area contributed by atoms with Gasteiger partial charge in [0.25, 0.3) is 6.43 Å². The van der Waals surface area contributed by atoms with Crippen LogP contribution in [0.5, 0.6) is 0 Å². The van der Waals surface area contributed by atoms with Crippen molar-refractivity contribution in [1.29, 1.82) is 0 Å². The first kappa shape index (κ1) is 18.0. The summed E-state index contributed by atoms with van der Waals surface area (Å²) in [4.78, 5) is 14.3. The highest BCUT2D eigenvalue weighted by Gasteiger charge is 2.29. The van der Waals surface area contributed by atoms with E-state index in [2.05, 4.69) is 15.0 Å². The van der Waals surface area contributed by atoms with Gasteiger partial charge < -0.3 is 15.7 Å². The van der Waals surface area contributed by atoms with Crippen LogP contribution in [0.25, 0.3) is 10.9 Å². The highest BCUT2D eigenvalue weighted by atomic mass is 19.3. The zero-order valence-electron chi connectivity index (χ0n) is 14.8. The zero-order chi connectivity index (χ0) is 19.0. The lowest BCUT2D eigenvalue weighted by Crippen LogP contribution is -2.26. The van der Waals surface area contributed by atoms with E-state index in [4.69, 9.17) is 5.73 Å². The van der Waals surface area contributed by atoms with Crippen molar-refractivity contribution in [2.45, 2.75) is 26.2 Å². The lowest BCUT2D eigenvalue weighted by atomic mass is 9.80. The predicted molar refractivity (Wildman–Crippen MR) is 97.4 cm³/mol. The van der Waals surface area contributed by atoms with Crippen molar-refractivity contribution in [3.8, 4) is 0 Å². The van der Waals surface area contributed by atoms with E-state index in [0.29, 0.717) is 22.4 Å². The van der Waals surface area contributed by atoms with Crippen LogP contribution in [0.3, 0.4) is 0 Å². The second-order valence-corrected chi connectivity index (χ2v) is 6.56. The number of aromatic nitrogens is 3. The molecule has 0 aliphatic heterocycles. The summed E-state index contributed by atoms with van der Waals surface area (Å²) in [5.41, 5.74) is 7.90. The Kier molecular flexibility index (Phi) is 4.76. The molecule has 0 saturated carbocycles. The number of hydrogen-bond donors (Lipinski definition) is 2. The van der Waals surface area contributed by atoms with Crippen molar-refractivity contribution in [3.63, 3.8) is 0 Å². The van der Waals surface area contributed by atoms with Crippen LogP contribution in [0.2, 0.25) is 0 Å². The van der Waals surface area contributed by atoms with Gasteiger partial charge in [-0.05, 0) is 30.6 Å². The summed E-state index contributed by atoms with van der Waals surface area (Å²) >= 11 is 0. The molecular weight excluding hydrogens is 340 g/mol. The molecule has 0 radical (unpaired) electrons. The highest BCUT2D eigenvalue weighted by molar-refractivity contribution is 5.91. The van der Waals surface area contributed by atoms with Gasteiger partial charge in [-0.15, -0.1) is 0 Å². The summed E-state index contributed by atoms with van der Waals surface area (Å²) in [6.45, 7) is 3.38. The molecule has 0 aromatic carbocycles. The quantitative estimate of drug-likeness (QED) is 0.867. The second-order valence-electron chi connectivity index (χ2n) is 6.56. The maximum Gasteiger partial charge on any atom is 0.255 e. The summed E-state index contributed by atoms with van der Waals surface area (Å²) in [7, 11) is 1.55. The van der Waals surface area contributed by atoms with Crippen LogP contribution in [0.1, 0.15) is 25.5 Å². The summed E-state index contributed by atoms with van der Waals surface area (Å²) in [6.07, 6.45) is 2.41. The molecule has 2 atom stereocenters. The number of alkyl halides is 2. The van der Waals surface area contributed by atoms with Crippen LogP contribution in [0, 0.1) is 5.92 Å². The number of anilines is 2. The van der Waals surface area contributed by atoms with Crippen LogP contribution in [-0.2, 0) is 0 Å². The Hall–Kier alpha value is -2.77. The lowest BCUT2D eigenvalue weighted by Gasteiger charge is -2.28. The Morgan fingerprint density at radius 3 is 2.77 bits per heavy atom. The number of nitrogens with zero attached hydrogens (tertiary/aromatic N) is 4. The third-order valence-corrected chi connectivity index (χ3v) is 4.72. The molecule has 6 nitrogen and oxygen atoms in total. The number of hydrogen-bond acceptors (Lipinski definition) is 6. The van der Waals surface area contributed by atoms with Gasteiger partial charge in [0.1, 0.15) is 23.7 Å². The van der Waals surface area contributed by atoms with E-state index in [1.807, 2.05) is 19.9 Å². The van der Waals surface area contributed by atoms with E-state index in [-0.39, 0.29) is 23.4 Å². The van der Waals surface area contributed by atoms with Gasteiger partial charge in [-0.3, -0.25) is 0 Å². The van der Waals surface area contributed by atoms with Crippen molar-refractivity contribution >= 4 is 22.5 Å². The number of halogens is 2. The Morgan fingerprint density at radius 1 is 1.35 bits per heavy atom. The molecule has 26 heavy (non-hydrogen) atoms. The predicted octanol–water partition coefficient (Wildman–Crippen LogP) is 3.43. The first-order valence-electron chi connectivity index (χ1n) is 8.28. The number of aliphatic hydroxyl groups excluding tert-OH is 1. The minimum Gasteiger partial charge on any atom is -0.508 e. The maximum absolute atomic E-state index is 12.8. The van der Waals surface area contributed by atoms with Gasteiger partial charge in [0.05, 0.1) is 17.8 Å². The van der Waals surface area contributed by atoms with Gasteiger partial charge in [0.2, 0.25) is 0 Å². The molecule has 3 N–H and O–H groups in total. The van der Waals surface area contributed by atoms with E-state index < -0.39 is 13.0 Å². The summed E-state index contributed by atoms with van der Waals surface area (Å²) in [5.74, 6) is 0.611. The molecule has 2 aromatic rings. The average Bonchev–Trinajstić information content (AvgIpc) is 2.58. The third kappa shape index (κ3) is 3.18. The van der Waals surface area contributed by atoms with Crippen molar-refractivity contribution in [2.24, 2.45) is 5.92 Å². The fourth-order valence-corrected chi connectivity index (χ4v) is 3.30. The number of rotatable bonds is 4. The zero-order valence-corrected chi connectivity index (χ0v) is 14.8. The SMILES string of the molecule is CC1=C(O)C=C[C@@H](C)C1c1nc(N(C)CC(F)F)cc2c(N)ncnc12. The minimum absolute atomic E-state index is 0.0495. The number of aliphatic hydroxyl groups is 1. The molecule has 3 rings (SSSR count). The van der Waals surface area contributed by atoms with E-state index in [0.717, 1.165) is 5.57 Å². The monoisotopic (exact) mass is 361 g/mol. The Labute approximate surface area is 150 Å². The highest BCUT2D eigenvalue weighted by Crippen LogP contribution is 2.40. The number of fused-ring (bicyclic) bond motifs is 1. The van der Waals surface area contributed by atoms with Crippen molar-refractivity contribution in [2.75, 3.05) is 24.2 Å². The Balaban J connectivity index is 2.23. The molecule has 1 aliphatic rings. The summed E-state index contributed by atoms with van der Waals surface area (Å²) in [5, 5.41) is 10.7. The first-order chi connectivity index (χ1) is 12.3. The van der Waals surface area contributed by atoms with Gasteiger partial charge in [0.15, 0.2) is 0 Å². The molecule has 8 heteroatoms. The topological polar surface area (TPSA) is 88.2 Å². The molecule has 138 valence electrons. The molecule has 0 bridgehead atoms. The van der Waals surface area contributed by atoms with Gasteiger partial charge >= 0.3 is 0 Å². The van der Waals surface area contributed by atoms with Crippen molar-refractivity contribution in [1.82, 2.24) is 15.0 Å². The molecule has 2 heterocycles. The molecule has 0 fully saturated rings. The second kappa shape index (κ2) is 6.86. The van der Waals surface area contributed by atoms with Crippen LogP contribution in [0.15, 0.2) is 35.9 Å². The average molecular weight is 361 g/mol. The van der Waals surface area contributed by atoms with Crippen LogP contribution >= 0.6 is 0 Å². The standard InChI is InChI=1S/C18H21F2N5O/c1-9-4-5-12(26)10(2)15(9)17-16-11(18(21)23-8-22-16)6-14(24-17)25(3)7-13(19)20/h4-6,8-9,13,15,26H,7H2,1-3H3,(H2,21,22,23)/t9-,15?/m1/s1. The molecule has 2 aromatic heterocycles. The van der Waals surface area contributed by atoms with Gasteiger partial charge in [-0.25, -0.2) is 23.7 Å². The molecule has 0 saturated heterocycles. The van der Waals surface area contributed by atoms with Gasteiger partial charge in [-0.1, -0.05) is 13.0 Å². The number of nitrogen functional groups attached to an aromatic ring is 1. The van der Waals surface area contributed by atoms with E-state index in [1.165, 1.54) is 11.2 Å². The molecular formula is C18H21F2N5O. The van der Waals surface area contributed by atoms with E-state index in [1.54, 1.807) is 19.2 Å². The maximum atomic E-state index is 12.8. The normalized spacial score (nSPS) is 20.2. The van der Waals surface area contributed by atoms with E-state index >= 15 is 0 Å². The fraction of sp³-hybridized carbons (Fsp3) is 0.389.